The van der Waals surface area contributed by atoms with E-state index in [1.54, 1.807) is 30.5 Å². The Hall–Kier alpha value is -3.92. The maximum atomic E-state index is 13.3. The first-order valence-electron chi connectivity index (χ1n) is 9.35. The lowest BCUT2D eigenvalue weighted by Gasteiger charge is -2.10. The van der Waals surface area contributed by atoms with Gasteiger partial charge in [0.25, 0.3) is 11.5 Å². The van der Waals surface area contributed by atoms with Crippen LogP contribution in [-0.4, -0.2) is 38.2 Å². The fraction of sp³-hybridized carbons (Fsp3) is 0.143. The molecule has 3 heterocycles. The number of nitrogens with zero attached hydrogens (tertiary/aromatic N) is 4. The number of nitrogens with one attached hydrogen (secondary N) is 1. The molecule has 0 saturated heterocycles. The van der Waals surface area contributed by atoms with Crippen molar-refractivity contribution in [1.82, 2.24) is 19.7 Å². The van der Waals surface area contributed by atoms with Crippen molar-refractivity contribution in [2.24, 2.45) is 0 Å². The summed E-state index contributed by atoms with van der Waals surface area (Å²) < 4.78 is 6.28. The highest BCUT2D eigenvalue weighted by Crippen LogP contribution is 2.31. The van der Waals surface area contributed by atoms with Crippen LogP contribution >= 0.6 is 11.3 Å². The monoisotopic (exact) mass is 435 g/mol. The van der Waals surface area contributed by atoms with Crippen LogP contribution in [-0.2, 0) is 4.74 Å². The molecule has 10 heteroatoms. The number of hydrogen-bond donors (Lipinski definition) is 1. The third-order valence-electron chi connectivity index (χ3n) is 4.39. The van der Waals surface area contributed by atoms with Gasteiger partial charge in [0.2, 0.25) is 0 Å². The van der Waals surface area contributed by atoms with Crippen LogP contribution in [0.4, 0.5) is 5.00 Å². The number of thiophene rings is 1. The summed E-state index contributed by atoms with van der Waals surface area (Å²) in [6.07, 6.45) is 4.17. The SMILES string of the molecule is CCOC(=O)c1nn(-c2cccc(C)c2)c(=O)c2c(NC(=O)c3cnccn3)scc12. The number of hydrogen-bond acceptors (Lipinski definition) is 8. The van der Waals surface area contributed by atoms with Gasteiger partial charge in [-0.15, -0.1) is 11.3 Å². The smallest absolute Gasteiger partial charge is 0.359 e. The fourth-order valence-corrected chi connectivity index (χ4v) is 3.94. The second-order valence-corrected chi connectivity index (χ2v) is 7.40. The van der Waals surface area contributed by atoms with Crippen molar-refractivity contribution >= 4 is 39.0 Å². The molecule has 0 atom stereocenters. The number of amides is 1. The summed E-state index contributed by atoms with van der Waals surface area (Å²) in [4.78, 5) is 46.3. The Bertz CT molecular complexity index is 1350. The molecule has 0 aliphatic heterocycles. The van der Waals surface area contributed by atoms with Gasteiger partial charge in [0, 0.05) is 23.2 Å². The summed E-state index contributed by atoms with van der Waals surface area (Å²) in [7, 11) is 0. The van der Waals surface area contributed by atoms with Crippen molar-refractivity contribution in [1.29, 1.82) is 0 Å². The molecule has 156 valence electrons. The standard InChI is InChI=1S/C21H17N5O4S/c1-3-30-21(29)17-14-11-31-19(24-18(27)15-10-22-7-8-23-15)16(14)20(28)26(25-17)13-6-4-5-12(2)9-13/h4-11H,3H2,1-2H3,(H,24,27). The lowest BCUT2D eigenvalue weighted by Crippen LogP contribution is -2.25. The number of anilines is 1. The van der Waals surface area contributed by atoms with Crippen molar-refractivity contribution in [3.8, 4) is 5.69 Å². The van der Waals surface area contributed by atoms with E-state index in [2.05, 4.69) is 20.4 Å². The molecule has 31 heavy (non-hydrogen) atoms. The van der Waals surface area contributed by atoms with E-state index in [-0.39, 0.29) is 28.4 Å². The summed E-state index contributed by atoms with van der Waals surface area (Å²) in [5, 5.41) is 9.34. The molecule has 1 amide bonds. The topological polar surface area (TPSA) is 116 Å². The lowest BCUT2D eigenvalue weighted by molar-refractivity contribution is 0.0520. The molecular weight excluding hydrogens is 418 g/mol. The van der Waals surface area contributed by atoms with E-state index < -0.39 is 17.4 Å². The Balaban J connectivity index is 1.90. The van der Waals surface area contributed by atoms with Gasteiger partial charge in [-0.25, -0.2) is 9.78 Å². The van der Waals surface area contributed by atoms with Crippen molar-refractivity contribution in [3.63, 3.8) is 0 Å². The number of benzene rings is 1. The van der Waals surface area contributed by atoms with Crippen LogP contribution in [0.25, 0.3) is 16.5 Å². The van der Waals surface area contributed by atoms with Gasteiger partial charge >= 0.3 is 5.97 Å². The van der Waals surface area contributed by atoms with Crippen LogP contribution < -0.4 is 10.9 Å². The van der Waals surface area contributed by atoms with Crippen LogP contribution in [0.2, 0.25) is 0 Å². The normalized spacial score (nSPS) is 10.8. The predicted molar refractivity (Wildman–Crippen MR) is 116 cm³/mol. The molecular formula is C21H17N5O4S. The number of esters is 1. The first-order chi connectivity index (χ1) is 15.0. The van der Waals surface area contributed by atoms with Gasteiger partial charge in [-0.1, -0.05) is 12.1 Å². The molecule has 0 spiro atoms. The lowest BCUT2D eigenvalue weighted by atomic mass is 10.2. The van der Waals surface area contributed by atoms with E-state index in [0.717, 1.165) is 21.6 Å². The number of carbonyl (C=O) groups excluding carboxylic acids is 2. The minimum Gasteiger partial charge on any atom is -0.461 e. The molecule has 1 aromatic carbocycles. The van der Waals surface area contributed by atoms with Crippen LogP contribution in [0.3, 0.4) is 0 Å². The second-order valence-electron chi connectivity index (χ2n) is 6.52. The number of aryl methyl sites for hydroxylation is 1. The molecule has 0 radical (unpaired) electrons. The van der Waals surface area contributed by atoms with Gasteiger partial charge in [-0.2, -0.15) is 9.78 Å². The Kier molecular flexibility index (Phi) is 5.54. The second kappa shape index (κ2) is 8.44. The molecule has 4 aromatic rings. The van der Waals surface area contributed by atoms with E-state index in [1.165, 1.54) is 18.6 Å². The van der Waals surface area contributed by atoms with E-state index in [4.69, 9.17) is 4.74 Å². The maximum absolute atomic E-state index is 13.3. The third kappa shape index (κ3) is 3.92. The van der Waals surface area contributed by atoms with Gasteiger partial charge in [-0.3, -0.25) is 14.6 Å². The number of ether oxygens (including phenoxy) is 1. The fourth-order valence-electron chi connectivity index (χ4n) is 3.01. The molecule has 3 aromatic heterocycles. The highest BCUT2D eigenvalue weighted by atomic mass is 32.1. The van der Waals surface area contributed by atoms with Gasteiger partial charge in [0.1, 0.15) is 10.7 Å². The molecule has 0 unspecified atom stereocenters. The Morgan fingerprint density at radius 2 is 2.10 bits per heavy atom. The number of fused-ring (bicyclic) bond motifs is 1. The van der Waals surface area contributed by atoms with Gasteiger partial charge < -0.3 is 10.1 Å². The predicted octanol–water partition coefficient (Wildman–Crippen LogP) is 2.97. The van der Waals surface area contributed by atoms with Crippen molar-refractivity contribution < 1.29 is 14.3 Å². The minimum atomic E-state index is -0.654. The molecule has 0 saturated carbocycles. The van der Waals surface area contributed by atoms with Crippen LogP contribution in [0.5, 0.6) is 0 Å². The molecule has 0 aliphatic rings. The van der Waals surface area contributed by atoms with Gasteiger partial charge in [0.05, 0.1) is 23.9 Å². The van der Waals surface area contributed by atoms with Gasteiger partial charge in [-0.05, 0) is 31.5 Å². The number of aromatic nitrogens is 4. The molecule has 0 aliphatic carbocycles. The summed E-state index contributed by atoms with van der Waals surface area (Å²) in [5.41, 5.74) is 1.04. The van der Waals surface area contributed by atoms with E-state index in [9.17, 15) is 14.4 Å². The average Bonchev–Trinajstić information content (AvgIpc) is 3.19. The Morgan fingerprint density at radius 3 is 2.81 bits per heavy atom. The van der Waals surface area contributed by atoms with E-state index in [1.807, 2.05) is 13.0 Å². The van der Waals surface area contributed by atoms with E-state index >= 15 is 0 Å². The van der Waals surface area contributed by atoms with Crippen molar-refractivity contribution in [2.75, 3.05) is 11.9 Å². The minimum absolute atomic E-state index is 0.00536. The Labute approximate surface area is 180 Å². The van der Waals surface area contributed by atoms with Gasteiger partial charge in [0.15, 0.2) is 5.69 Å². The number of carbonyl (C=O) groups is 2. The largest absolute Gasteiger partial charge is 0.461 e. The molecule has 0 fully saturated rings. The summed E-state index contributed by atoms with van der Waals surface area (Å²) in [6, 6.07) is 7.17. The molecule has 4 rings (SSSR count). The summed E-state index contributed by atoms with van der Waals surface area (Å²) >= 11 is 1.12. The zero-order chi connectivity index (χ0) is 22.0. The molecule has 1 N–H and O–H groups in total. The highest BCUT2D eigenvalue weighted by molar-refractivity contribution is 7.16. The zero-order valence-electron chi connectivity index (χ0n) is 16.7. The number of rotatable bonds is 5. The average molecular weight is 435 g/mol. The van der Waals surface area contributed by atoms with Crippen molar-refractivity contribution in [3.05, 3.63) is 75.5 Å². The van der Waals surface area contributed by atoms with Crippen LogP contribution in [0.15, 0.2) is 53.0 Å². The molecule has 9 nitrogen and oxygen atoms in total. The maximum Gasteiger partial charge on any atom is 0.359 e. The first kappa shape index (κ1) is 20.4. The first-order valence-corrected chi connectivity index (χ1v) is 10.2. The summed E-state index contributed by atoms with van der Waals surface area (Å²) in [6.45, 7) is 3.73. The molecule has 0 bridgehead atoms. The van der Waals surface area contributed by atoms with Crippen LogP contribution in [0, 0.1) is 6.92 Å². The van der Waals surface area contributed by atoms with Crippen molar-refractivity contribution in [2.45, 2.75) is 13.8 Å². The third-order valence-corrected chi connectivity index (χ3v) is 5.29. The quantitative estimate of drug-likeness (QED) is 0.479. The van der Waals surface area contributed by atoms with Crippen LogP contribution in [0.1, 0.15) is 33.5 Å². The summed E-state index contributed by atoms with van der Waals surface area (Å²) in [5.74, 6) is -1.17. The highest BCUT2D eigenvalue weighted by Gasteiger charge is 2.23. The zero-order valence-corrected chi connectivity index (χ0v) is 17.5. The Morgan fingerprint density at radius 1 is 1.26 bits per heavy atom. The van der Waals surface area contributed by atoms with E-state index in [0.29, 0.717) is 11.1 Å².